The summed E-state index contributed by atoms with van der Waals surface area (Å²) < 4.78 is 16.2. The number of imide groups is 1. The van der Waals surface area contributed by atoms with Crippen molar-refractivity contribution in [1.82, 2.24) is 20.1 Å². The average Bonchev–Trinajstić information content (AvgIpc) is 3.50. The number of hydrogen-bond donors (Lipinski definition) is 2. The second-order valence-electron chi connectivity index (χ2n) is 7.91. The fourth-order valence-corrected chi connectivity index (χ4v) is 4.30. The van der Waals surface area contributed by atoms with Crippen LogP contribution in [-0.4, -0.2) is 32.0 Å². The number of rotatable bonds is 6. The van der Waals surface area contributed by atoms with Crippen molar-refractivity contribution < 1.29 is 14.0 Å². The number of carbonyl (C=O) groups is 2. The lowest BCUT2D eigenvalue weighted by molar-refractivity contribution is -0.119. The Hall–Kier alpha value is -3.20. The minimum absolute atomic E-state index is 0.185. The lowest BCUT2D eigenvalue weighted by Gasteiger charge is -2.14. The first-order chi connectivity index (χ1) is 15.3. The van der Waals surface area contributed by atoms with Crippen LogP contribution in [0.4, 0.5) is 14.9 Å². The Balaban J connectivity index is 1.44. The van der Waals surface area contributed by atoms with Crippen molar-refractivity contribution in [2.45, 2.75) is 50.1 Å². The van der Waals surface area contributed by atoms with Crippen molar-refractivity contribution >= 4 is 29.4 Å². The maximum absolute atomic E-state index is 14.3. The van der Waals surface area contributed by atoms with Gasteiger partial charge in [0.1, 0.15) is 5.82 Å². The number of halogens is 1. The fraction of sp³-hybridized carbons (Fsp3) is 0.304. The molecule has 2 N–H and O–H groups in total. The zero-order chi connectivity index (χ0) is 22.8. The van der Waals surface area contributed by atoms with E-state index in [1.165, 1.54) is 17.8 Å². The van der Waals surface area contributed by atoms with E-state index in [0.29, 0.717) is 22.2 Å². The summed E-state index contributed by atoms with van der Waals surface area (Å²) in [7, 11) is 0. The number of hydrogen-bond acceptors (Lipinski definition) is 5. The number of aromatic nitrogens is 3. The normalized spacial score (nSPS) is 14.1. The lowest BCUT2D eigenvalue weighted by Crippen LogP contribution is -2.39. The zero-order valence-corrected chi connectivity index (χ0v) is 18.9. The number of anilines is 1. The van der Waals surface area contributed by atoms with E-state index >= 15 is 0 Å². The molecule has 1 aliphatic carbocycles. The van der Waals surface area contributed by atoms with Gasteiger partial charge in [-0.3, -0.25) is 14.7 Å². The monoisotopic (exact) mass is 453 g/mol. The quantitative estimate of drug-likeness (QED) is 0.520. The molecule has 0 bridgehead atoms. The van der Waals surface area contributed by atoms with Crippen molar-refractivity contribution in [3.63, 3.8) is 0 Å². The van der Waals surface area contributed by atoms with Gasteiger partial charge < -0.3 is 5.32 Å². The van der Waals surface area contributed by atoms with Gasteiger partial charge in [0.05, 0.1) is 10.8 Å². The summed E-state index contributed by atoms with van der Waals surface area (Å²) in [6, 6.07) is 11.7. The van der Waals surface area contributed by atoms with E-state index in [-0.39, 0.29) is 11.9 Å². The summed E-state index contributed by atoms with van der Waals surface area (Å²) in [6.07, 6.45) is 1.90. The van der Waals surface area contributed by atoms with Gasteiger partial charge in [0, 0.05) is 11.7 Å². The smallest absolute Gasteiger partial charge is 0.307 e. The molecule has 9 heteroatoms. The molecule has 0 spiro atoms. The summed E-state index contributed by atoms with van der Waals surface area (Å²) in [5.41, 5.74) is 3.02. The molecule has 4 rings (SSSR count). The van der Waals surface area contributed by atoms with E-state index in [1.807, 2.05) is 30.5 Å². The molecule has 1 fully saturated rings. The van der Waals surface area contributed by atoms with Crippen LogP contribution >= 0.6 is 11.8 Å². The van der Waals surface area contributed by atoms with Crippen LogP contribution in [0.25, 0.3) is 11.4 Å². The van der Waals surface area contributed by atoms with Gasteiger partial charge in [-0.1, -0.05) is 41.6 Å². The van der Waals surface area contributed by atoms with Crippen molar-refractivity contribution in [1.29, 1.82) is 0 Å². The molecule has 1 saturated carbocycles. The van der Waals surface area contributed by atoms with E-state index in [4.69, 9.17) is 0 Å². The highest BCUT2D eigenvalue weighted by Gasteiger charge is 2.32. The van der Waals surface area contributed by atoms with Crippen LogP contribution in [-0.2, 0) is 4.79 Å². The number of benzene rings is 2. The number of urea groups is 1. The third-order valence-electron chi connectivity index (χ3n) is 5.21. The first-order valence-electron chi connectivity index (χ1n) is 10.4. The van der Waals surface area contributed by atoms with Gasteiger partial charge in [-0.05, 0) is 57.4 Å². The van der Waals surface area contributed by atoms with Crippen molar-refractivity contribution in [2.24, 2.45) is 0 Å². The molecule has 7 nitrogen and oxygen atoms in total. The highest BCUT2D eigenvalue weighted by Crippen LogP contribution is 2.42. The average molecular weight is 454 g/mol. The molecule has 3 aromatic rings. The van der Waals surface area contributed by atoms with Crippen LogP contribution in [0.3, 0.4) is 0 Å². The lowest BCUT2D eigenvalue weighted by atomic mass is 10.1. The molecule has 32 heavy (non-hydrogen) atoms. The number of aryl methyl sites for hydroxylation is 2. The van der Waals surface area contributed by atoms with E-state index < -0.39 is 17.2 Å². The van der Waals surface area contributed by atoms with Crippen molar-refractivity contribution in [2.75, 3.05) is 5.32 Å². The van der Waals surface area contributed by atoms with Gasteiger partial charge in [0.25, 0.3) is 0 Å². The maximum atomic E-state index is 14.3. The topological polar surface area (TPSA) is 88.9 Å². The van der Waals surface area contributed by atoms with Crippen LogP contribution in [0.15, 0.2) is 47.6 Å². The minimum atomic E-state index is -0.602. The van der Waals surface area contributed by atoms with E-state index in [2.05, 4.69) is 20.8 Å². The molecule has 2 aromatic carbocycles. The maximum Gasteiger partial charge on any atom is 0.325 e. The molecule has 1 atom stereocenters. The Morgan fingerprint density at radius 1 is 1.16 bits per heavy atom. The van der Waals surface area contributed by atoms with E-state index in [9.17, 15) is 14.0 Å². The van der Waals surface area contributed by atoms with Gasteiger partial charge in [-0.2, -0.15) is 0 Å². The van der Waals surface area contributed by atoms with Crippen LogP contribution in [0.5, 0.6) is 0 Å². The Kier molecular flexibility index (Phi) is 6.27. The second kappa shape index (κ2) is 9.12. The summed E-state index contributed by atoms with van der Waals surface area (Å²) in [4.78, 5) is 24.9. The molecule has 3 amide bonds. The fourth-order valence-electron chi connectivity index (χ4n) is 3.38. The molecular formula is C23H24FN5O2S. The van der Waals surface area contributed by atoms with Gasteiger partial charge in [0.15, 0.2) is 11.0 Å². The molecule has 166 valence electrons. The Labute approximate surface area is 189 Å². The second-order valence-corrected chi connectivity index (χ2v) is 9.22. The third-order valence-corrected chi connectivity index (χ3v) is 6.27. The minimum Gasteiger partial charge on any atom is -0.307 e. The number of nitrogens with zero attached hydrogens (tertiary/aromatic N) is 3. The SMILES string of the molecule is Cc1ccc(NC(=O)NC(=O)C(C)Sc2nnc(-c3ccccc3F)n2C2CC2)c(C)c1. The van der Waals surface area contributed by atoms with Gasteiger partial charge >= 0.3 is 6.03 Å². The van der Waals surface area contributed by atoms with Gasteiger partial charge in [-0.25, -0.2) is 9.18 Å². The predicted molar refractivity (Wildman–Crippen MR) is 122 cm³/mol. The van der Waals surface area contributed by atoms with Crippen molar-refractivity contribution in [3.8, 4) is 11.4 Å². The molecular weight excluding hydrogens is 429 g/mol. The molecule has 1 aliphatic rings. The molecule has 1 unspecified atom stereocenters. The van der Waals surface area contributed by atoms with E-state index in [1.54, 1.807) is 31.2 Å². The Bertz CT molecular complexity index is 1170. The van der Waals surface area contributed by atoms with Crippen LogP contribution < -0.4 is 10.6 Å². The zero-order valence-electron chi connectivity index (χ0n) is 18.1. The predicted octanol–water partition coefficient (Wildman–Crippen LogP) is 4.86. The number of carbonyl (C=O) groups excluding carboxylic acids is 2. The highest BCUT2D eigenvalue weighted by atomic mass is 32.2. The summed E-state index contributed by atoms with van der Waals surface area (Å²) in [5, 5.41) is 13.4. The summed E-state index contributed by atoms with van der Waals surface area (Å²) >= 11 is 1.20. The van der Waals surface area contributed by atoms with Crippen LogP contribution in [0, 0.1) is 19.7 Å². The number of thioether (sulfide) groups is 1. The first-order valence-corrected chi connectivity index (χ1v) is 11.3. The number of amides is 3. The highest BCUT2D eigenvalue weighted by molar-refractivity contribution is 8.00. The van der Waals surface area contributed by atoms with Gasteiger partial charge in [-0.15, -0.1) is 10.2 Å². The summed E-state index contributed by atoms with van der Waals surface area (Å²) in [6.45, 7) is 5.55. The molecule has 1 aromatic heterocycles. The number of nitrogens with one attached hydrogen (secondary N) is 2. The van der Waals surface area contributed by atoms with E-state index in [0.717, 1.165) is 24.0 Å². The summed E-state index contributed by atoms with van der Waals surface area (Å²) in [5.74, 6) is -0.365. The van der Waals surface area contributed by atoms with Gasteiger partial charge in [0.2, 0.25) is 5.91 Å². The molecule has 0 aliphatic heterocycles. The Morgan fingerprint density at radius 2 is 1.91 bits per heavy atom. The largest absolute Gasteiger partial charge is 0.325 e. The first kappa shape index (κ1) is 22.0. The van der Waals surface area contributed by atoms with Crippen molar-refractivity contribution in [3.05, 3.63) is 59.4 Å². The standard InChI is InChI=1S/C23H24FN5O2S/c1-13-8-11-19(14(2)12-13)25-22(31)26-21(30)15(3)32-23-28-27-20(29(23)16-9-10-16)17-6-4-5-7-18(17)24/h4-8,11-12,15-16H,9-10H2,1-3H3,(H2,25,26,30,31). The Morgan fingerprint density at radius 3 is 2.59 bits per heavy atom. The van der Waals surface area contributed by atoms with Crippen LogP contribution in [0.2, 0.25) is 0 Å². The molecule has 0 radical (unpaired) electrons. The third kappa shape index (κ3) is 4.83. The molecule has 0 saturated heterocycles. The molecule has 1 heterocycles. The van der Waals surface area contributed by atoms with Crippen LogP contribution in [0.1, 0.15) is 36.9 Å².